The Hall–Kier alpha value is -1.62. The summed E-state index contributed by atoms with van der Waals surface area (Å²) in [5.41, 5.74) is -0.0630. The largest absolute Gasteiger partial charge is 0.491 e. The number of hydrogen-bond acceptors (Lipinski definition) is 3. The van der Waals surface area contributed by atoms with Gasteiger partial charge < -0.3 is 14.6 Å². The zero-order valence-electron chi connectivity index (χ0n) is 11.8. The third-order valence-electron chi connectivity index (χ3n) is 4.41. The molecule has 0 aromatic heterocycles. The Labute approximate surface area is 122 Å². The minimum absolute atomic E-state index is 0.0136. The molecule has 2 fully saturated rings. The van der Waals surface area contributed by atoms with Gasteiger partial charge in [0.25, 0.3) is 0 Å². The van der Waals surface area contributed by atoms with E-state index < -0.39 is 11.8 Å². The number of hydrogen-bond donors (Lipinski definition) is 1. The van der Waals surface area contributed by atoms with Gasteiger partial charge in [0.05, 0.1) is 17.3 Å². The number of ether oxygens (including phenoxy) is 2. The molecule has 1 aliphatic heterocycles. The van der Waals surface area contributed by atoms with E-state index in [1.165, 1.54) is 25.0 Å². The number of halogens is 1. The molecule has 1 saturated heterocycles. The molecule has 21 heavy (non-hydrogen) atoms. The van der Waals surface area contributed by atoms with Crippen molar-refractivity contribution in [3.05, 3.63) is 29.6 Å². The van der Waals surface area contributed by atoms with Crippen LogP contribution in [-0.4, -0.2) is 29.4 Å². The first-order valence-corrected chi connectivity index (χ1v) is 7.41. The summed E-state index contributed by atoms with van der Waals surface area (Å²) in [5.74, 6) is -1.53. The highest BCUT2D eigenvalue weighted by atomic mass is 19.1. The van der Waals surface area contributed by atoms with E-state index in [1.807, 2.05) is 0 Å². The molecule has 3 rings (SSSR count). The van der Waals surface area contributed by atoms with E-state index in [-0.39, 0.29) is 23.0 Å². The van der Waals surface area contributed by atoms with Crippen molar-refractivity contribution in [3.63, 3.8) is 0 Å². The summed E-state index contributed by atoms with van der Waals surface area (Å²) in [4.78, 5) is 10.9. The topological polar surface area (TPSA) is 55.8 Å². The highest BCUT2D eigenvalue weighted by Gasteiger charge is 2.42. The fourth-order valence-corrected chi connectivity index (χ4v) is 3.36. The second kappa shape index (κ2) is 5.64. The maximum absolute atomic E-state index is 13.4. The standard InChI is InChI=1S/C16H19FO4/c17-12-7-11(15(18)19)8-14(9-12)20-10-13-3-6-16(21-13)4-1-2-5-16/h7-9,13H,1-6,10H2,(H,18,19). The van der Waals surface area contributed by atoms with Gasteiger partial charge in [0.2, 0.25) is 0 Å². The van der Waals surface area contributed by atoms with Crippen LogP contribution in [0.2, 0.25) is 0 Å². The first-order valence-electron chi connectivity index (χ1n) is 7.41. The summed E-state index contributed by atoms with van der Waals surface area (Å²) in [7, 11) is 0. The van der Waals surface area contributed by atoms with Crippen LogP contribution in [0.1, 0.15) is 48.9 Å². The molecule has 2 aliphatic rings. The molecule has 5 heteroatoms. The molecule has 1 aromatic rings. The minimum Gasteiger partial charge on any atom is -0.491 e. The van der Waals surface area contributed by atoms with Gasteiger partial charge >= 0.3 is 5.97 Å². The number of carboxylic acid groups (broad SMARTS) is 1. The van der Waals surface area contributed by atoms with Crippen LogP contribution in [0.25, 0.3) is 0 Å². The van der Waals surface area contributed by atoms with Gasteiger partial charge in [0, 0.05) is 6.07 Å². The van der Waals surface area contributed by atoms with Gasteiger partial charge in [0.15, 0.2) is 0 Å². The molecule has 0 bridgehead atoms. The quantitative estimate of drug-likeness (QED) is 0.924. The van der Waals surface area contributed by atoms with Crippen molar-refractivity contribution in [2.45, 2.75) is 50.2 Å². The highest BCUT2D eigenvalue weighted by molar-refractivity contribution is 5.88. The summed E-state index contributed by atoms with van der Waals surface area (Å²) < 4.78 is 25.0. The van der Waals surface area contributed by atoms with Gasteiger partial charge in [-0.05, 0) is 37.8 Å². The molecular weight excluding hydrogens is 275 g/mol. The number of benzene rings is 1. The van der Waals surface area contributed by atoms with Crippen LogP contribution in [0.3, 0.4) is 0 Å². The Balaban J connectivity index is 1.59. The van der Waals surface area contributed by atoms with Crippen LogP contribution in [0.5, 0.6) is 5.75 Å². The third-order valence-corrected chi connectivity index (χ3v) is 4.41. The number of carboxylic acids is 1. The first kappa shape index (κ1) is 14.3. The van der Waals surface area contributed by atoms with E-state index in [9.17, 15) is 9.18 Å². The number of rotatable bonds is 4. The molecule has 4 nitrogen and oxygen atoms in total. The van der Waals surface area contributed by atoms with Crippen molar-refractivity contribution in [1.82, 2.24) is 0 Å². The van der Waals surface area contributed by atoms with E-state index in [1.54, 1.807) is 0 Å². The highest BCUT2D eigenvalue weighted by Crippen LogP contribution is 2.43. The van der Waals surface area contributed by atoms with Crippen LogP contribution in [0.4, 0.5) is 4.39 Å². The van der Waals surface area contributed by atoms with Crippen LogP contribution in [0, 0.1) is 5.82 Å². The van der Waals surface area contributed by atoms with E-state index >= 15 is 0 Å². The van der Waals surface area contributed by atoms with E-state index in [0.717, 1.165) is 31.7 Å². The average molecular weight is 294 g/mol. The molecular formula is C16H19FO4. The van der Waals surface area contributed by atoms with Gasteiger partial charge in [0.1, 0.15) is 18.2 Å². The maximum atomic E-state index is 13.4. The zero-order valence-corrected chi connectivity index (χ0v) is 11.8. The van der Waals surface area contributed by atoms with Crippen molar-refractivity contribution < 1.29 is 23.8 Å². The Kier molecular flexibility index (Phi) is 3.85. The summed E-state index contributed by atoms with van der Waals surface area (Å²) in [6.07, 6.45) is 6.70. The second-order valence-corrected chi connectivity index (χ2v) is 5.96. The van der Waals surface area contributed by atoms with Crippen molar-refractivity contribution in [2.24, 2.45) is 0 Å². The molecule has 1 unspecified atom stereocenters. The molecule has 1 heterocycles. The summed E-state index contributed by atoms with van der Waals surface area (Å²) in [6, 6.07) is 3.52. The predicted octanol–water partition coefficient (Wildman–Crippen LogP) is 3.39. The Bertz CT molecular complexity index is 537. The van der Waals surface area contributed by atoms with Crippen LogP contribution in [-0.2, 0) is 4.74 Å². The van der Waals surface area contributed by atoms with Gasteiger partial charge in [-0.25, -0.2) is 9.18 Å². The van der Waals surface area contributed by atoms with Gasteiger partial charge in [-0.15, -0.1) is 0 Å². The van der Waals surface area contributed by atoms with Gasteiger partial charge in [-0.3, -0.25) is 0 Å². The van der Waals surface area contributed by atoms with Crippen molar-refractivity contribution >= 4 is 5.97 Å². The fourth-order valence-electron chi connectivity index (χ4n) is 3.36. The Morgan fingerprint density at radius 3 is 2.81 bits per heavy atom. The molecule has 1 saturated carbocycles. The van der Waals surface area contributed by atoms with Gasteiger partial charge in [-0.2, -0.15) is 0 Å². The lowest BCUT2D eigenvalue weighted by Crippen LogP contribution is -2.27. The van der Waals surface area contributed by atoms with E-state index in [2.05, 4.69) is 0 Å². The second-order valence-electron chi connectivity index (χ2n) is 5.96. The van der Waals surface area contributed by atoms with Crippen LogP contribution in [0.15, 0.2) is 18.2 Å². The van der Waals surface area contributed by atoms with Crippen LogP contribution < -0.4 is 4.74 Å². The fraction of sp³-hybridized carbons (Fsp3) is 0.562. The SMILES string of the molecule is O=C(O)c1cc(F)cc(OCC2CCC3(CCCC3)O2)c1. The maximum Gasteiger partial charge on any atom is 0.335 e. The summed E-state index contributed by atoms with van der Waals surface area (Å²) in [5, 5.41) is 8.91. The third kappa shape index (κ3) is 3.18. The molecule has 1 N–H and O–H groups in total. The Morgan fingerprint density at radius 1 is 1.33 bits per heavy atom. The van der Waals surface area contributed by atoms with E-state index in [0.29, 0.717) is 6.61 Å². The minimum atomic E-state index is -1.17. The number of carbonyl (C=O) groups is 1. The zero-order chi connectivity index (χ0) is 14.9. The van der Waals surface area contributed by atoms with Crippen molar-refractivity contribution in [2.75, 3.05) is 6.61 Å². The first-order chi connectivity index (χ1) is 10.1. The molecule has 1 aliphatic carbocycles. The van der Waals surface area contributed by atoms with Crippen molar-refractivity contribution in [1.29, 1.82) is 0 Å². The van der Waals surface area contributed by atoms with Gasteiger partial charge in [-0.1, -0.05) is 12.8 Å². The average Bonchev–Trinajstić information content (AvgIpc) is 3.07. The summed E-state index contributed by atoms with van der Waals surface area (Å²) in [6.45, 7) is 0.338. The molecule has 1 atom stereocenters. The molecule has 0 amide bonds. The molecule has 0 radical (unpaired) electrons. The smallest absolute Gasteiger partial charge is 0.335 e. The van der Waals surface area contributed by atoms with Crippen LogP contribution >= 0.6 is 0 Å². The lowest BCUT2D eigenvalue weighted by atomic mass is 9.98. The number of aromatic carboxylic acids is 1. The summed E-state index contributed by atoms with van der Waals surface area (Å²) >= 11 is 0. The molecule has 1 spiro atoms. The lowest BCUT2D eigenvalue weighted by molar-refractivity contribution is -0.0509. The lowest BCUT2D eigenvalue weighted by Gasteiger charge is -2.23. The monoisotopic (exact) mass is 294 g/mol. The predicted molar refractivity (Wildman–Crippen MR) is 74.2 cm³/mol. The van der Waals surface area contributed by atoms with E-state index in [4.69, 9.17) is 14.6 Å². The normalized spacial score (nSPS) is 23.6. The molecule has 1 aromatic carbocycles. The van der Waals surface area contributed by atoms with Crippen molar-refractivity contribution in [3.8, 4) is 5.75 Å². The molecule has 114 valence electrons. The Morgan fingerprint density at radius 2 is 2.10 bits per heavy atom.